The Morgan fingerprint density at radius 2 is 2.00 bits per heavy atom. The maximum atomic E-state index is 12.2. The molecule has 0 spiro atoms. The van der Waals surface area contributed by atoms with Gasteiger partial charge in [-0.1, -0.05) is 29.8 Å². The van der Waals surface area contributed by atoms with Crippen LogP contribution in [0.3, 0.4) is 0 Å². The molecule has 1 aromatic rings. The number of aliphatic hydroxyl groups excluding tert-OH is 1. The van der Waals surface area contributed by atoms with Crippen LogP contribution in [0.25, 0.3) is 0 Å². The molecule has 23 heavy (non-hydrogen) atoms. The Morgan fingerprint density at radius 1 is 1.30 bits per heavy atom. The van der Waals surface area contributed by atoms with Crippen molar-refractivity contribution in [2.24, 2.45) is 5.92 Å². The van der Waals surface area contributed by atoms with Crippen molar-refractivity contribution >= 4 is 11.8 Å². The molecule has 0 saturated heterocycles. The number of ketones is 1. The van der Waals surface area contributed by atoms with Crippen molar-refractivity contribution in [1.82, 2.24) is 0 Å². The van der Waals surface area contributed by atoms with Gasteiger partial charge in [0, 0.05) is 12.3 Å². The summed E-state index contributed by atoms with van der Waals surface area (Å²) in [5, 5.41) is 18.8. The van der Waals surface area contributed by atoms with E-state index in [9.17, 15) is 14.7 Å². The molecule has 0 aliphatic heterocycles. The SMILES string of the molecule is CC(Oc1ccccc1)C(=O)CCC1=CCC(O)C1CC(=O)O. The molecule has 3 atom stereocenters. The molecule has 0 amide bonds. The maximum Gasteiger partial charge on any atom is 0.304 e. The van der Waals surface area contributed by atoms with Gasteiger partial charge in [0.25, 0.3) is 0 Å². The number of hydrogen-bond donors (Lipinski definition) is 2. The Kier molecular flexibility index (Phi) is 5.93. The standard InChI is InChI=1S/C18H22O5/c1-12(23-14-5-3-2-4-6-14)16(19)9-7-13-8-10-17(20)15(13)11-18(21)22/h2-6,8,12,15,17,20H,7,9-11H2,1H3,(H,21,22). The smallest absolute Gasteiger partial charge is 0.304 e. The van der Waals surface area contributed by atoms with Crippen molar-refractivity contribution in [1.29, 1.82) is 0 Å². The minimum absolute atomic E-state index is 0.0368. The summed E-state index contributed by atoms with van der Waals surface area (Å²) in [6, 6.07) is 9.15. The average molecular weight is 318 g/mol. The summed E-state index contributed by atoms with van der Waals surface area (Å²) in [7, 11) is 0. The molecule has 0 fully saturated rings. The van der Waals surface area contributed by atoms with Gasteiger partial charge in [-0.2, -0.15) is 0 Å². The summed E-state index contributed by atoms with van der Waals surface area (Å²) in [4.78, 5) is 23.1. The molecule has 1 aliphatic rings. The monoisotopic (exact) mass is 318 g/mol. The summed E-state index contributed by atoms with van der Waals surface area (Å²) in [6.07, 6.45) is 1.75. The number of aliphatic hydroxyl groups is 1. The molecule has 0 aromatic heterocycles. The number of benzene rings is 1. The van der Waals surface area contributed by atoms with Gasteiger partial charge in [-0.15, -0.1) is 0 Å². The minimum atomic E-state index is -0.936. The number of aliphatic carboxylic acids is 1. The van der Waals surface area contributed by atoms with E-state index >= 15 is 0 Å². The van der Waals surface area contributed by atoms with Crippen LogP contribution in [0.5, 0.6) is 5.75 Å². The molecule has 2 rings (SSSR count). The first-order chi connectivity index (χ1) is 11.0. The van der Waals surface area contributed by atoms with Crippen LogP contribution in [-0.4, -0.2) is 34.2 Å². The molecule has 0 bridgehead atoms. The van der Waals surface area contributed by atoms with Crippen LogP contribution in [0.15, 0.2) is 42.0 Å². The lowest BCUT2D eigenvalue weighted by molar-refractivity contribution is -0.138. The van der Waals surface area contributed by atoms with E-state index in [0.717, 1.165) is 5.57 Å². The molecule has 5 heteroatoms. The van der Waals surface area contributed by atoms with Gasteiger partial charge in [-0.25, -0.2) is 0 Å². The Balaban J connectivity index is 1.85. The number of para-hydroxylation sites is 1. The number of carboxylic acids is 1. The normalized spacial score (nSPS) is 21.6. The van der Waals surface area contributed by atoms with Gasteiger partial charge in [0.05, 0.1) is 12.5 Å². The fraction of sp³-hybridized carbons (Fsp3) is 0.444. The molecule has 0 heterocycles. The van der Waals surface area contributed by atoms with Gasteiger partial charge >= 0.3 is 5.97 Å². The summed E-state index contributed by atoms with van der Waals surface area (Å²) < 4.78 is 5.59. The van der Waals surface area contributed by atoms with E-state index < -0.39 is 18.2 Å². The number of Topliss-reactive ketones (excluding diaryl/α,β-unsaturated/α-hetero) is 1. The molecule has 2 N–H and O–H groups in total. The number of carboxylic acid groups (broad SMARTS) is 1. The highest BCUT2D eigenvalue weighted by atomic mass is 16.5. The van der Waals surface area contributed by atoms with E-state index in [-0.39, 0.29) is 24.5 Å². The van der Waals surface area contributed by atoms with Crippen molar-refractivity contribution in [3.63, 3.8) is 0 Å². The van der Waals surface area contributed by atoms with Crippen LogP contribution in [0.2, 0.25) is 0 Å². The first-order valence-electron chi connectivity index (χ1n) is 7.80. The zero-order chi connectivity index (χ0) is 16.8. The van der Waals surface area contributed by atoms with Crippen LogP contribution >= 0.6 is 0 Å². The second-order valence-electron chi connectivity index (χ2n) is 5.83. The lowest BCUT2D eigenvalue weighted by Gasteiger charge is -2.18. The number of hydrogen-bond acceptors (Lipinski definition) is 4. The quantitative estimate of drug-likeness (QED) is 0.720. The van der Waals surface area contributed by atoms with E-state index in [4.69, 9.17) is 9.84 Å². The summed E-state index contributed by atoms with van der Waals surface area (Å²) in [6.45, 7) is 1.71. The minimum Gasteiger partial charge on any atom is -0.483 e. The number of ether oxygens (including phenoxy) is 1. The fourth-order valence-electron chi connectivity index (χ4n) is 2.82. The molecule has 1 aromatic carbocycles. The predicted octanol–water partition coefficient (Wildman–Crippen LogP) is 2.59. The highest BCUT2D eigenvalue weighted by molar-refractivity contribution is 5.83. The molecular weight excluding hydrogens is 296 g/mol. The van der Waals surface area contributed by atoms with Gasteiger partial charge in [0.15, 0.2) is 11.9 Å². The van der Waals surface area contributed by atoms with E-state index in [2.05, 4.69) is 0 Å². The zero-order valence-corrected chi connectivity index (χ0v) is 13.1. The first kappa shape index (κ1) is 17.2. The maximum absolute atomic E-state index is 12.2. The lowest BCUT2D eigenvalue weighted by Crippen LogP contribution is -2.25. The highest BCUT2D eigenvalue weighted by Crippen LogP contribution is 2.32. The fourth-order valence-corrected chi connectivity index (χ4v) is 2.82. The van der Waals surface area contributed by atoms with E-state index in [1.54, 1.807) is 19.1 Å². The topological polar surface area (TPSA) is 83.8 Å². The van der Waals surface area contributed by atoms with E-state index in [1.807, 2.05) is 24.3 Å². The lowest BCUT2D eigenvalue weighted by atomic mass is 9.91. The van der Waals surface area contributed by atoms with Crippen molar-refractivity contribution in [3.8, 4) is 5.75 Å². The van der Waals surface area contributed by atoms with Crippen LogP contribution < -0.4 is 4.74 Å². The molecule has 0 radical (unpaired) electrons. The molecule has 5 nitrogen and oxygen atoms in total. The highest BCUT2D eigenvalue weighted by Gasteiger charge is 2.30. The summed E-state index contributed by atoms with van der Waals surface area (Å²) in [5.41, 5.74) is 0.861. The van der Waals surface area contributed by atoms with Crippen molar-refractivity contribution in [2.75, 3.05) is 0 Å². The van der Waals surface area contributed by atoms with Crippen molar-refractivity contribution in [3.05, 3.63) is 42.0 Å². The molecular formula is C18H22O5. The van der Waals surface area contributed by atoms with Crippen molar-refractivity contribution < 1.29 is 24.5 Å². The van der Waals surface area contributed by atoms with Gasteiger partial charge in [-0.05, 0) is 31.9 Å². The molecule has 1 aliphatic carbocycles. The largest absolute Gasteiger partial charge is 0.483 e. The van der Waals surface area contributed by atoms with Gasteiger partial charge in [0.1, 0.15) is 5.75 Å². The Bertz CT molecular complexity index is 578. The second-order valence-corrected chi connectivity index (χ2v) is 5.83. The molecule has 3 unspecified atom stereocenters. The van der Waals surface area contributed by atoms with E-state index in [0.29, 0.717) is 18.6 Å². The average Bonchev–Trinajstić information content (AvgIpc) is 2.86. The van der Waals surface area contributed by atoms with Crippen LogP contribution in [0.1, 0.15) is 32.6 Å². The van der Waals surface area contributed by atoms with Gasteiger partial charge < -0.3 is 14.9 Å². The predicted molar refractivity (Wildman–Crippen MR) is 85.2 cm³/mol. The van der Waals surface area contributed by atoms with Gasteiger partial charge in [0.2, 0.25) is 0 Å². The van der Waals surface area contributed by atoms with Crippen LogP contribution in [0, 0.1) is 5.92 Å². The second kappa shape index (κ2) is 7.92. The number of carbonyl (C=O) groups excluding carboxylic acids is 1. The Morgan fingerprint density at radius 3 is 2.65 bits per heavy atom. The third-order valence-electron chi connectivity index (χ3n) is 4.13. The third kappa shape index (κ3) is 4.93. The molecule has 0 saturated carbocycles. The number of carbonyl (C=O) groups is 2. The number of rotatable bonds is 8. The van der Waals surface area contributed by atoms with Gasteiger partial charge in [-0.3, -0.25) is 9.59 Å². The van der Waals surface area contributed by atoms with E-state index in [1.165, 1.54) is 0 Å². The van der Waals surface area contributed by atoms with Crippen LogP contribution in [-0.2, 0) is 9.59 Å². The first-order valence-corrected chi connectivity index (χ1v) is 7.80. The summed E-state index contributed by atoms with van der Waals surface area (Å²) in [5.74, 6) is -0.711. The summed E-state index contributed by atoms with van der Waals surface area (Å²) >= 11 is 0. The van der Waals surface area contributed by atoms with Crippen LogP contribution in [0.4, 0.5) is 0 Å². The molecule has 124 valence electrons. The van der Waals surface area contributed by atoms with Crippen molar-refractivity contribution in [2.45, 2.75) is 44.8 Å². The zero-order valence-electron chi connectivity index (χ0n) is 13.1. The Labute approximate surface area is 135 Å². The Hall–Kier alpha value is -2.14. The third-order valence-corrected chi connectivity index (χ3v) is 4.13.